The van der Waals surface area contributed by atoms with E-state index in [2.05, 4.69) is 0 Å². The number of phenolic OH excluding ortho intramolecular Hbond substituents is 1. The van der Waals surface area contributed by atoms with Crippen LogP contribution in [0.15, 0.2) is 42.5 Å². The second-order valence-electron chi connectivity index (χ2n) is 3.22. The predicted octanol–water partition coefficient (Wildman–Crippen LogP) is 1.93. The first-order valence-corrected chi connectivity index (χ1v) is 4.49. The maximum Gasteiger partial charge on any atom is 0.179 e. The molecule has 2 rings (SSSR count). The maximum atomic E-state index is 11.2. The molecule has 0 heterocycles. The SMILES string of the molecule is N=C1C=CC(=O)C=C1c1ccccc1O. The van der Waals surface area contributed by atoms with Gasteiger partial charge in [-0.05, 0) is 24.3 Å². The molecule has 0 radical (unpaired) electrons. The van der Waals surface area contributed by atoms with Crippen LogP contribution in [-0.4, -0.2) is 16.6 Å². The summed E-state index contributed by atoms with van der Waals surface area (Å²) in [5, 5.41) is 17.2. The first-order chi connectivity index (χ1) is 7.18. The Morgan fingerprint density at radius 1 is 1.13 bits per heavy atom. The van der Waals surface area contributed by atoms with Gasteiger partial charge in [0.05, 0.1) is 5.71 Å². The molecule has 1 aromatic rings. The van der Waals surface area contributed by atoms with E-state index >= 15 is 0 Å². The quantitative estimate of drug-likeness (QED) is 0.679. The number of para-hydroxylation sites is 1. The smallest absolute Gasteiger partial charge is 0.179 e. The van der Waals surface area contributed by atoms with Crippen molar-refractivity contribution in [2.24, 2.45) is 0 Å². The number of hydrogen-bond acceptors (Lipinski definition) is 3. The van der Waals surface area contributed by atoms with Crippen molar-refractivity contribution in [1.82, 2.24) is 0 Å². The van der Waals surface area contributed by atoms with E-state index in [1.54, 1.807) is 18.2 Å². The van der Waals surface area contributed by atoms with E-state index in [4.69, 9.17) is 5.41 Å². The molecule has 3 heteroatoms. The van der Waals surface area contributed by atoms with Crippen molar-refractivity contribution in [3.05, 3.63) is 48.1 Å². The zero-order chi connectivity index (χ0) is 10.8. The zero-order valence-corrected chi connectivity index (χ0v) is 7.90. The fourth-order valence-corrected chi connectivity index (χ4v) is 1.45. The van der Waals surface area contributed by atoms with Gasteiger partial charge in [-0.3, -0.25) is 4.79 Å². The molecular formula is C12H9NO2. The van der Waals surface area contributed by atoms with E-state index in [9.17, 15) is 9.90 Å². The summed E-state index contributed by atoms with van der Waals surface area (Å²) in [5.41, 5.74) is 1.21. The summed E-state index contributed by atoms with van der Waals surface area (Å²) in [5.74, 6) is -0.0825. The summed E-state index contributed by atoms with van der Waals surface area (Å²) in [6.07, 6.45) is 4.13. The molecular weight excluding hydrogens is 190 g/mol. The van der Waals surface area contributed by atoms with Crippen LogP contribution in [0, 0.1) is 5.41 Å². The van der Waals surface area contributed by atoms with E-state index < -0.39 is 0 Å². The van der Waals surface area contributed by atoms with Crippen LogP contribution in [0.25, 0.3) is 5.57 Å². The predicted molar refractivity (Wildman–Crippen MR) is 58.0 cm³/mol. The van der Waals surface area contributed by atoms with Crippen LogP contribution in [0.5, 0.6) is 5.75 Å². The average Bonchev–Trinajstić information content (AvgIpc) is 2.23. The van der Waals surface area contributed by atoms with Crippen molar-refractivity contribution in [3.8, 4) is 5.75 Å². The van der Waals surface area contributed by atoms with Gasteiger partial charge in [0.15, 0.2) is 5.78 Å². The lowest BCUT2D eigenvalue weighted by atomic mass is 9.95. The van der Waals surface area contributed by atoms with E-state index in [0.717, 1.165) is 0 Å². The Hall–Kier alpha value is -2.16. The Balaban J connectivity index is 2.52. The topological polar surface area (TPSA) is 61.2 Å². The molecule has 0 aliphatic heterocycles. The van der Waals surface area contributed by atoms with Gasteiger partial charge in [-0.1, -0.05) is 18.2 Å². The van der Waals surface area contributed by atoms with Gasteiger partial charge >= 0.3 is 0 Å². The fraction of sp³-hybridized carbons (Fsp3) is 0. The van der Waals surface area contributed by atoms with Gasteiger partial charge in [0, 0.05) is 11.1 Å². The number of benzene rings is 1. The van der Waals surface area contributed by atoms with Crippen LogP contribution in [-0.2, 0) is 4.79 Å². The van der Waals surface area contributed by atoms with Gasteiger partial charge in [0.25, 0.3) is 0 Å². The molecule has 0 fully saturated rings. The molecule has 1 aromatic carbocycles. The number of hydrogen-bond donors (Lipinski definition) is 2. The third-order valence-electron chi connectivity index (χ3n) is 2.19. The number of carbonyl (C=O) groups is 1. The van der Waals surface area contributed by atoms with Crippen LogP contribution in [0.2, 0.25) is 0 Å². The molecule has 0 spiro atoms. The van der Waals surface area contributed by atoms with Gasteiger partial charge in [0.1, 0.15) is 5.75 Å². The minimum atomic E-state index is -0.163. The molecule has 0 unspecified atom stereocenters. The van der Waals surface area contributed by atoms with Gasteiger partial charge in [-0.15, -0.1) is 0 Å². The van der Waals surface area contributed by atoms with Gasteiger partial charge in [-0.25, -0.2) is 0 Å². The molecule has 15 heavy (non-hydrogen) atoms. The van der Waals surface area contributed by atoms with Crippen molar-refractivity contribution >= 4 is 17.1 Å². The minimum absolute atomic E-state index is 0.0802. The lowest BCUT2D eigenvalue weighted by molar-refractivity contribution is -0.110. The molecule has 0 saturated carbocycles. The Morgan fingerprint density at radius 3 is 2.60 bits per heavy atom. The number of allylic oxidation sites excluding steroid dienone is 4. The number of rotatable bonds is 1. The monoisotopic (exact) mass is 199 g/mol. The molecule has 0 atom stereocenters. The average molecular weight is 199 g/mol. The maximum absolute atomic E-state index is 11.2. The summed E-state index contributed by atoms with van der Waals surface area (Å²) in [6.45, 7) is 0. The highest BCUT2D eigenvalue weighted by molar-refractivity contribution is 6.35. The van der Waals surface area contributed by atoms with Crippen molar-refractivity contribution in [2.45, 2.75) is 0 Å². The number of nitrogens with one attached hydrogen (secondary N) is 1. The largest absolute Gasteiger partial charge is 0.507 e. The summed E-state index contributed by atoms with van der Waals surface area (Å²) in [7, 11) is 0. The van der Waals surface area contributed by atoms with Crippen LogP contribution >= 0.6 is 0 Å². The lowest BCUT2D eigenvalue weighted by Crippen LogP contribution is -2.05. The number of ketones is 1. The van der Waals surface area contributed by atoms with Gasteiger partial charge in [-0.2, -0.15) is 0 Å². The van der Waals surface area contributed by atoms with Crippen molar-refractivity contribution in [2.75, 3.05) is 0 Å². The normalized spacial score (nSPS) is 15.3. The number of phenols is 1. The Kier molecular flexibility index (Phi) is 2.21. The molecule has 0 amide bonds. The summed E-state index contributed by atoms with van der Waals surface area (Å²) >= 11 is 0. The second-order valence-corrected chi connectivity index (χ2v) is 3.22. The molecule has 1 aliphatic carbocycles. The third-order valence-corrected chi connectivity index (χ3v) is 2.19. The molecule has 74 valence electrons. The van der Waals surface area contributed by atoms with E-state index in [1.165, 1.54) is 24.3 Å². The summed E-state index contributed by atoms with van der Waals surface area (Å²) in [6, 6.07) is 6.67. The van der Waals surface area contributed by atoms with Crippen molar-refractivity contribution in [1.29, 1.82) is 5.41 Å². The standard InChI is InChI=1S/C12H9NO2/c13-11-6-5-8(14)7-10(11)9-3-1-2-4-12(9)15/h1-7,13,15H. The van der Waals surface area contributed by atoms with Crippen LogP contribution in [0.4, 0.5) is 0 Å². The molecule has 0 aromatic heterocycles. The van der Waals surface area contributed by atoms with E-state index in [0.29, 0.717) is 11.1 Å². The molecule has 1 aliphatic rings. The number of carbonyl (C=O) groups excluding carboxylic acids is 1. The Morgan fingerprint density at radius 2 is 1.87 bits per heavy atom. The van der Waals surface area contributed by atoms with Crippen molar-refractivity contribution < 1.29 is 9.90 Å². The zero-order valence-electron chi connectivity index (χ0n) is 7.90. The summed E-state index contributed by atoms with van der Waals surface area (Å²) in [4.78, 5) is 11.2. The molecule has 3 nitrogen and oxygen atoms in total. The number of aromatic hydroxyl groups is 1. The van der Waals surface area contributed by atoms with E-state index in [-0.39, 0.29) is 17.2 Å². The first-order valence-electron chi connectivity index (χ1n) is 4.49. The van der Waals surface area contributed by atoms with Crippen LogP contribution < -0.4 is 0 Å². The highest BCUT2D eigenvalue weighted by atomic mass is 16.3. The highest BCUT2D eigenvalue weighted by Crippen LogP contribution is 2.27. The molecule has 0 saturated heterocycles. The second kappa shape index (κ2) is 3.53. The first kappa shape index (κ1) is 9.40. The van der Waals surface area contributed by atoms with Crippen LogP contribution in [0.1, 0.15) is 5.56 Å². The molecule has 2 N–H and O–H groups in total. The minimum Gasteiger partial charge on any atom is -0.507 e. The van der Waals surface area contributed by atoms with E-state index in [1.807, 2.05) is 0 Å². The lowest BCUT2D eigenvalue weighted by Gasteiger charge is -2.10. The van der Waals surface area contributed by atoms with Crippen molar-refractivity contribution in [3.63, 3.8) is 0 Å². The summed E-state index contributed by atoms with van der Waals surface area (Å²) < 4.78 is 0. The molecule has 0 bridgehead atoms. The Bertz CT molecular complexity index is 498. The third kappa shape index (κ3) is 1.72. The van der Waals surface area contributed by atoms with Gasteiger partial charge < -0.3 is 10.5 Å². The van der Waals surface area contributed by atoms with Crippen LogP contribution in [0.3, 0.4) is 0 Å². The highest BCUT2D eigenvalue weighted by Gasteiger charge is 2.14. The van der Waals surface area contributed by atoms with Gasteiger partial charge in [0.2, 0.25) is 0 Å². The Labute approximate surface area is 86.9 Å². The fourth-order valence-electron chi connectivity index (χ4n) is 1.45.